The van der Waals surface area contributed by atoms with Gasteiger partial charge >= 0.3 is 6.16 Å². The molecule has 2 atom stereocenters. The molecular weight excluding hydrogens is 326 g/mol. The molecule has 0 radical (unpaired) electrons. The van der Waals surface area contributed by atoms with E-state index in [1.54, 1.807) is 24.4 Å². The second-order valence-electron chi connectivity index (χ2n) is 6.16. The summed E-state index contributed by atoms with van der Waals surface area (Å²) in [7, 11) is 0. The minimum atomic E-state index is -1.20. The summed E-state index contributed by atoms with van der Waals surface area (Å²) in [6.45, 7) is 3.25. The average molecular weight is 345 g/mol. The van der Waals surface area contributed by atoms with Crippen LogP contribution in [0.15, 0.2) is 18.5 Å². The number of rotatable bonds is 4. The van der Waals surface area contributed by atoms with Crippen LogP contribution in [-0.2, 0) is 14.2 Å². The number of carbonyl (C=O) groups is 1. The quantitative estimate of drug-likeness (QED) is 0.834. The monoisotopic (exact) mass is 345 g/mol. The van der Waals surface area contributed by atoms with E-state index in [1.165, 1.54) is 6.33 Å². The summed E-state index contributed by atoms with van der Waals surface area (Å²) in [4.78, 5) is 15.5. The van der Waals surface area contributed by atoms with Crippen LogP contribution < -0.4 is 5.73 Å². The van der Waals surface area contributed by atoms with Crippen LogP contribution in [0.4, 0.5) is 10.6 Å². The topological polar surface area (TPSA) is 125 Å². The molecule has 0 saturated carbocycles. The Hall–Kier alpha value is -2.86. The molecular formula is C16H19N5O4. The molecule has 1 saturated heterocycles. The minimum absolute atomic E-state index is 0.189. The van der Waals surface area contributed by atoms with Gasteiger partial charge in [0.25, 0.3) is 0 Å². The van der Waals surface area contributed by atoms with Crippen LogP contribution in [0, 0.1) is 11.3 Å². The molecule has 25 heavy (non-hydrogen) atoms. The van der Waals surface area contributed by atoms with Crippen molar-refractivity contribution in [2.24, 2.45) is 0 Å². The molecule has 2 N–H and O–H groups in total. The third-order valence-electron chi connectivity index (χ3n) is 3.98. The van der Waals surface area contributed by atoms with Gasteiger partial charge in [0.2, 0.25) is 0 Å². The van der Waals surface area contributed by atoms with Crippen LogP contribution in [0.25, 0.3) is 5.52 Å². The van der Waals surface area contributed by atoms with Gasteiger partial charge in [0.05, 0.1) is 11.8 Å². The molecule has 3 heterocycles. The number of nitrogens with two attached hydrogens (primary N) is 1. The lowest BCUT2D eigenvalue weighted by atomic mass is 10.0. The Morgan fingerprint density at radius 2 is 2.40 bits per heavy atom. The predicted molar refractivity (Wildman–Crippen MR) is 86.4 cm³/mol. The number of carbonyl (C=O) groups excluding carboxylic acids is 1. The second-order valence-corrected chi connectivity index (χ2v) is 6.16. The maximum absolute atomic E-state index is 11.5. The highest BCUT2D eigenvalue weighted by atomic mass is 16.7. The van der Waals surface area contributed by atoms with Crippen molar-refractivity contribution < 1.29 is 19.0 Å². The molecule has 0 spiro atoms. The van der Waals surface area contributed by atoms with Gasteiger partial charge in [-0.3, -0.25) is 0 Å². The number of nitrogens with zero attached hydrogens (tertiary/aromatic N) is 4. The van der Waals surface area contributed by atoms with E-state index in [2.05, 4.69) is 16.2 Å². The molecule has 9 heteroatoms. The van der Waals surface area contributed by atoms with Crippen LogP contribution in [0.1, 0.15) is 38.5 Å². The van der Waals surface area contributed by atoms with Crippen LogP contribution in [0.3, 0.4) is 0 Å². The smallest absolute Gasteiger partial charge is 0.432 e. The highest BCUT2D eigenvalue weighted by Gasteiger charge is 2.43. The third-order valence-corrected chi connectivity index (χ3v) is 3.98. The zero-order chi connectivity index (χ0) is 18.0. The first-order valence-electron chi connectivity index (χ1n) is 7.95. The number of nitrogen functional groups attached to an aromatic ring is 1. The van der Waals surface area contributed by atoms with E-state index in [9.17, 15) is 10.1 Å². The molecule has 2 aromatic heterocycles. The summed E-state index contributed by atoms with van der Waals surface area (Å²) in [5, 5.41) is 13.7. The van der Waals surface area contributed by atoms with E-state index in [-0.39, 0.29) is 18.8 Å². The Morgan fingerprint density at radius 3 is 3.12 bits per heavy atom. The molecule has 1 aliphatic heterocycles. The lowest BCUT2D eigenvalue weighted by molar-refractivity contribution is -0.0584. The molecule has 3 rings (SSSR count). The maximum atomic E-state index is 11.5. The van der Waals surface area contributed by atoms with Crippen molar-refractivity contribution >= 4 is 17.5 Å². The molecule has 0 unspecified atom stereocenters. The number of hydrogen-bond acceptors (Lipinski definition) is 8. The molecule has 0 amide bonds. The van der Waals surface area contributed by atoms with E-state index < -0.39 is 11.8 Å². The Morgan fingerprint density at radius 1 is 1.60 bits per heavy atom. The van der Waals surface area contributed by atoms with Gasteiger partial charge in [-0.2, -0.15) is 10.4 Å². The maximum Gasteiger partial charge on any atom is 0.508 e. The summed E-state index contributed by atoms with van der Waals surface area (Å²) in [6.07, 6.45) is 0.915. The summed E-state index contributed by atoms with van der Waals surface area (Å²) in [5.74, 6) is 0.366. The fourth-order valence-electron chi connectivity index (χ4n) is 2.80. The molecule has 0 bridgehead atoms. The van der Waals surface area contributed by atoms with Gasteiger partial charge in [-0.1, -0.05) is 0 Å². The minimum Gasteiger partial charge on any atom is -0.432 e. The molecule has 0 aromatic carbocycles. The fraction of sp³-hybridized carbons (Fsp3) is 0.500. The highest BCUT2D eigenvalue weighted by molar-refractivity contribution is 5.65. The van der Waals surface area contributed by atoms with E-state index in [4.69, 9.17) is 19.9 Å². The molecule has 132 valence electrons. The van der Waals surface area contributed by atoms with Gasteiger partial charge in [0.15, 0.2) is 11.4 Å². The van der Waals surface area contributed by atoms with Gasteiger partial charge < -0.3 is 19.9 Å². The van der Waals surface area contributed by atoms with Crippen molar-refractivity contribution in [3.05, 3.63) is 24.2 Å². The summed E-state index contributed by atoms with van der Waals surface area (Å²) in [5.41, 5.74) is 6.07. The number of nitriles is 1. The number of hydrogen-bond donors (Lipinski definition) is 1. The second kappa shape index (κ2) is 6.57. The van der Waals surface area contributed by atoms with Gasteiger partial charge in [-0.25, -0.2) is 14.3 Å². The van der Waals surface area contributed by atoms with Gasteiger partial charge in [-0.15, -0.1) is 0 Å². The Balaban J connectivity index is 1.73. The van der Waals surface area contributed by atoms with Crippen molar-refractivity contribution in [2.45, 2.75) is 44.5 Å². The lowest BCUT2D eigenvalue weighted by Crippen LogP contribution is -2.34. The number of anilines is 1. The third kappa shape index (κ3) is 3.34. The van der Waals surface area contributed by atoms with Crippen molar-refractivity contribution in [3.63, 3.8) is 0 Å². The van der Waals surface area contributed by atoms with Gasteiger partial charge in [0, 0.05) is 0 Å². The molecule has 1 fully saturated rings. The zero-order valence-electron chi connectivity index (χ0n) is 14.0. The first-order valence-corrected chi connectivity index (χ1v) is 7.95. The van der Waals surface area contributed by atoms with E-state index in [1.807, 2.05) is 6.07 Å². The molecule has 9 nitrogen and oxygen atoms in total. The van der Waals surface area contributed by atoms with Gasteiger partial charge in [-0.05, 0) is 38.8 Å². The van der Waals surface area contributed by atoms with Crippen molar-refractivity contribution in [2.75, 3.05) is 12.3 Å². The average Bonchev–Trinajstić information content (AvgIpc) is 3.18. The number of fused-ring (bicyclic) bond motifs is 1. The summed E-state index contributed by atoms with van der Waals surface area (Å²) >= 11 is 0. The largest absolute Gasteiger partial charge is 0.508 e. The van der Waals surface area contributed by atoms with Crippen molar-refractivity contribution in [1.29, 1.82) is 5.26 Å². The molecule has 0 aliphatic carbocycles. The highest BCUT2D eigenvalue weighted by Crippen LogP contribution is 2.40. The molecule has 2 aromatic rings. The summed E-state index contributed by atoms with van der Waals surface area (Å²) < 4.78 is 17.5. The Labute approximate surface area is 144 Å². The van der Waals surface area contributed by atoms with E-state index in [0.717, 1.165) is 5.69 Å². The zero-order valence-corrected chi connectivity index (χ0v) is 14.0. The van der Waals surface area contributed by atoms with Gasteiger partial charge in [0.1, 0.15) is 30.6 Å². The Kier molecular flexibility index (Phi) is 4.46. The fourth-order valence-corrected chi connectivity index (χ4v) is 2.80. The predicted octanol–water partition coefficient (Wildman–Crippen LogP) is 1.99. The standard InChI is InChI=1S/C16H19N5O4/c1-10(2)24-15(22)23-8-16(7-17)6-5-13(25-16)11-3-4-12-14(18)19-9-20-21(11)12/h3-4,9-10,13H,5-6,8H2,1-2H3,(H2,18,19,20)/t13-,16-/m1/s1. The van der Waals surface area contributed by atoms with Crippen molar-refractivity contribution in [3.8, 4) is 6.07 Å². The van der Waals surface area contributed by atoms with E-state index in [0.29, 0.717) is 24.2 Å². The first kappa shape index (κ1) is 17.0. The lowest BCUT2D eigenvalue weighted by Gasteiger charge is -2.21. The number of ether oxygens (including phenoxy) is 3. The van der Waals surface area contributed by atoms with Crippen molar-refractivity contribution in [1.82, 2.24) is 14.6 Å². The van der Waals surface area contributed by atoms with E-state index >= 15 is 0 Å². The Bertz CT molecular complexity index is 828. The number of aromatic nitrogens is 3. The van der Waals surface area contributed by atoms with Crippen LogP contribution in [0.5, 0.6) is 0 Å². The summed E-state index contributed by atoms with van der Waals surface area (Å²) in [6, 6.07) is 5.76. The van der Waals surface area contributed by atoms with Crippen LogP contribution >= 0.6 is 0 Å². The molecule has 1 aliphatic rings. The van der Waals surface area contributed by atoms with Crippen LogP contribution in [0.2, 0.25) is 0 Å². The van der Waals surface area contributed by atoms with Crippen LogP contribution in [-0.4, -0.2) is 39.1 Å². The SMILES string of the molecule is CC(C)OC(=O)OC[C@]1(C#N)CC[C@H](c2ccc3c(N)ncnn23)O1. The normalized spacial score (nSPS) is 22.9. The first-order chi connectivity index (χ1) is 11.9.